The Morgan fingerprint density at radius 3 is 2.23 bits per heavy atom. The van der Waals surface area contributed by atoms with Crippen LogP contribution in [0.5, 0.6) is 0 Å². The third-order valence-electron chi connectivity index (χ3n) is 9.03. The second kappa shape index (κ2) is 11.1. The zero-order chi connectivity index (χ0) is 31.2. The van der Waals surface area contributed by atoms with E-state index in [0.717, 1.165) is 35.5 Å². The molecule has 0 radical (unpaired) electrons. The molecule has 0 spiro atoms. The molecule has 0 fully saturated rings. The van der Waals surface area contributed by atoms with E-state index < -0.39 is 5.97 Å². The molecule has 0 heterocycles. The van der Waals surface area contributed by atoms with Gasteiger partial charge >= 0.3 is 5.97 Å². The standard InChI is InChI=1S/C30H30O.C11H8O2/c1-19-14-26(21-8-6-20(18-31)7-9-21)24-10-11-25-23-12-13-29(2,3)16-22(23)17-30(4,5)28(25)27(24)15-19;12-11(13)10-7-3-5-8-4-1-2-6-9(8)10/h6-15,18H,16-17H2,1-5H3;1-7H,(H,12,13). The maximum atomic E-state index is 11.1. The predicted molar refractivity (Wildman–Crippen MR) is 183 cm³/mol. The predicted octanol–water partition coefficient (Wildman–Crippen LogP) is 10.6. The number of rotatable bonds is 3. The molecule has 220 valence electrons. The van der Waals surface area contributed by atoms with Crippen molar-refractivity contribution in [3.05, 3.63) is 137 Å². The summed E-state index contributed by atoms with van der Waals surface area (Å²) in [5.41, 5.74) is 11.0. The highest BCUT2D eigenvalue weighted by Crippen LogP contribution is 2.51. The van der Waals surface area contributed by atoms with Gasteiger partial charge in [-0.25, -0.2) is 4.79 Å². The highest BCUT2D eigenvalue weighted by Gasteiger charge is 2.36. The lowest BCUT2D eigenvalue weighted by Crippen LogP contribution is -2.28. The van der Waals surface area contributed by atoms with Crippen molar-refractivity contribution in [2.75, 3.05) is 0 Å². The molecule has 2 aliphatic carbocycles. The average Bonchev–Trinajstić information content (AvgIpc) is 2.99. The topological polar surface area (TPSA) is 54.4 Å². The van der Waals surface area contributed by atoms with Crippen LogP contribution in [-0.4, -0.2) is 17.4 Å². The Labute approximate surface area is 259 Å². The van der Waals surface area contributed by atoms with E-state index in [1.165, 1.54) is 38.6 Å². The van der Waals surface area contributed by atoms with Gasteiger partial charge in [-0.05, 0) is 91.6 Å². The van der Waals surface area contributed by atoms with Gasteiger partial charge in [0.1, 0.15) is 6.29 Å². The van der Waals surface area contributed by atoms with Crippen LogP contribution in [-0.2, 0) is 5.41 Å². The fourth-order valence-electron chi connectivity index (χ4n) is 7.12. The van der Waals surface area contributed by atoms with Crippen molar-refractivity contribution in [3.8, 4) is 11.1 Å². The van der Waals surface area contributed by atoms with Crippen LogP contribution >= 0.6 is 0 Å². The second-order valence-corrected chi connectivity index (χ2v) is 13.5. The number of carbonyl (C=O) groups is 2. The Balaban J connectivity index is 0.000000220. The van der Waals surface area contributed by atoms with Gasteiger partial charge in [0.05, 0.1) is 5.56 Å². The van der Waals surface area contributed by atoms with Crippen molar-refractivity contribution in [1.82, 2.24) is 0 Å². The van der Waals surface area contributed by atoms with E-state index in [1.807, 2.05) is 42.5 Å². The molecule has 5 aromatic carbocycles. The molecule has 1 N–H and O–H groups in total. The van der Waals surface area contributed by atoms with E-state index >= 15 is 0 Å². The fraction of sp³-hybridized carbons (Fsp3) is 0.220. The van der Waals surface area contributed by atoms with Gasteiger partial charge in [-0.1, -0.05) is 130 Å². The first kappa shape index (κ1) is 29.3. The number of aromatic carboxylic acids is 1. The normalized spacial score (nSPS) is 16.1. The number of carbonyl (C=O) groups excluding carboxylic acids is 1. The summed E-state index contributed by atoms with van der Waals surface area (Å²) in [6.07, 6.45) is 7.91. The molecule has 0 bridgehead atoms. The summed E-state index contributed by atoms with van der Waals surface area (Å²) >= 11 is 0. The molecule has 0 saturated heterocycles. The molecule has 44 heavy (non-hydrogen) atoms. The van der Waals surface area contributed by atoms with E-state index in [-0.39, 0.29) is 10.8 Å². The molecule has 0 saturated carbocycles. The maximum absolute atomic E-state index is 11.1. The molecule has 5 aromatic rings. The van der Waals surface area contributed by atoms with E-state index in [4.69, 9.17) is 5.11 Å². The molecule has 0 unspecified atom stereocenters. The molecule has 0 aromatic heterocycles. The van der Waals surface area contributed by atoms with Crippen LogP contribution in [0.3, 0.4) is 0 Å². The minimum absolute atomic E-state index is 0.0847. The van der Waals surface area contributed by atoms with Gasteiger partial charge in [0.2, 0.25) is 0 Å². The Morgan fingerprint density at radius 1 is 0.773 bits per heavy atom. The van der Waals surface area contributed by atoms with Crippen molar-refractivity contribution in [3.63, 3.8) is 0 Å². The zero-order valence-electron chi connectivity index (χ0n) is 26.1. The van der Waals surface area contributed by atoms with Gasteiger partial charge in [-0.3, -0.25) is 4.79 Å². The molecule has 0 atom stereocenters. The average molecular weight is 579 g/mol. The SMILES string of the molecule is Cc1cc(-c2ccc(C=O)cc2)c2ccc3c(c2c1)C(C)(C)CC1=C3C=CC(C)(C)C1.O=C(O)c1cccc2ccccc12. The van der Waals surface area contributed by atoms with Crippen LogP contribution in [0.1, 0.15) is 77.9 Å². The third kappa shape index (κ3) is 5.39. The summed E-state index contributed by atoms with van der Waals surface area (Å²) in [7, 11) is 0. The van der Waals surface area contributed by atoms with Crippen molar-refractivity contribution in [2.24, 2.45) is 5.41 Å². The number of allylic oxidation sites excluding steroid dienone is 4. The van der Waals surface area contributed by atoms with Crippen LogP contribution < -0.4 is 0 Å². The number of hydrogen-bond acceptors (Lipinski definition) is 2. The Hall–Kier alpha value is -4.76. The molecular formula is C41H38O3. The van der Waals surface area contributed by atoms with Crippen LogP contribution in [0.4, 0.5) is 0 Å². The smallest absolute Gasteiger partial charge is 0.336 e. The minimum Gasteiger partial charge on any atom is -0.478 e. The number of aldehydes is 1. The Bertz CT molecular complexity index is 2000. The number of aryl methyl sites for hydroxylation is 1. The molecule has 0 aliphatic heterocycles. The van der Waals surface area contributed by atoms with Crippen LogP contribution in [0, 0.1) is 12.3 Å². The molecule has 3 nitrogen and oxygen atoms in total. The lowest BCUT2D eigenvalue weighted by atomic mass is 9.64. The summed E-state index contributed by atoms with van der Waals surface area (Å²) < 4.78 is 0. The minimum atomic E-state index is -0.878. The first-order valence-electron chi connectivity index (χ1n) is 15.2. The van der Waals surface area contributed by atoms with Crippen LogP contribution in [0.2, 0.25) is 0 Å². The molecule has 3 heteroatoms. The highest BCUT2D eigenvalue weighted by molar-refractivity contribution is 6.04. The molecule has 7 rings (SSSR count). The first-order valence-corrected chi connectivity index (χ1v) is 15.2. The number of carboxylic acids is 1. The molecular weight excluding hydrogens is 540 g/mol. The van der Waals surface area contributed by atoms with Crippen molar-refractivity contribution < 1.29 is 14.7 Å². The summed E-state index contributed by atoms with van der Waals surface area (Å²) in [6, 6.07) is 30.0. The van der Waals surface area contributed by atoms with Crippen molar-refractivity contribution in [2.45, 2.75) is 52.9 Å². The Kier molecular flexibility index (Phi) is 7.37. The quantitative estimate of drug-likeness (QED) is 0.217. The lowest BCUT2D eigenvalue weighted by molar-refractivity contribution is 0.0699. The zero-order valence-corrected chi connectivity index (χ0v) is 26.1. The number of benzene rings is 5. The summed E-state index contributed by atoms with van der Waals surface area (Å²) in [6.45, 7) is 11.7. The van der Waals surface area contributed by atoms with Crippen LogP contribution in [0.25, 0.3) is 38.2 Å². The largest absolute Gasteiger partial charge is 0.478 e. The van der Waals surface area contributed by atoms with Crippen molar-refractivity contribution in [1.29, 1.82) is 0 Å². The van der Waals surface area contributed by atoms with E-state index in [9.17, 15) is 9.59 Å². The lowest BCUT2D eigenvalue weighted by Gasteiger charge is -2.40. The first-order chi connectivity index (χ1) is 21.0. The van der Waals surface area contributed by atoms with Gasteiger partial charge in [0.25, 0.3) is 0 Å². The van der Waals surface area contributed by atoms with Gasteiger partial charge in [-0.2, -0.15) is 0 Å². The second-order valence-electron chi connectivity index (χ2n) is 13.5. The van der Waals surface area contributed by atoms with Crippen LogP contribution in [0.15, 0.2) is 109 Å². The summed E-state index contributed by atoms with van der Waals surface area (Å²) in [5.74, 6) is -0.878. The van der Waals surface area contributed by atoms with Gasteiger partial charge in [0.15, 0.2) is 0 Å². The maximum Gasteiger partial charge on any atom is 0.336 e. The van der Waals surface area contributed by atoms with Crippen molar-refractivity contribution >= 4 is 39.4 Å². The summed E-state index contributed by atoms with van der Waals surface area (Å²) in [4.78, 5) is 21.9. The summed E-state index contributed by atoms with van der Waals surface area (Å²) in [5, 5.41) is 13.3. The fourth-order valence-corrected chi connectivity index (χ4v) is 7.12. The monoisotopic (exact) mass is 578 g/mol. The van der Waals surface area contributed by atoms with Gasteiger partial charge in [-0.15, -0.1) is 0 Å². The van der Waals surface area contributed by atoms with E-state index in [2.05, 4.69) is 83.2 Å². The molecule has 0 amide bonds. The van der Waals surface area contributed by atoms with Gasteiger partial charge < -0.3 is 5.11 Å². The van der Waals surface area contributed by atoms with E-state index in [0.29, 0.717) is 11.1 Å². The highest BCUT2D eigenvalue weighted by atomic mass is 16.4. The number of fused-ring (bicyclic) bond motifs is 5. The number of carboxylic acid groups (broad SMARTS) is 1. The van der Waals surface area contributed by atoms with Gasteiger partial charge in [0, 0.05) is 5.56 Å². The Morgan fingerprint density at radius 2 is 1.50 bits per heavy atom. The van der Waals surface area contributed by atoms with E-state index in [1.54, 1.807) is 17.7 Å². The number of hydrogen-bond donors (Lipinski definition) is 1. The third-order valence-corrected chi connectivity index (χ3v) is 9.03. The molecule has 2 aliphatic rings.